The number of nitrogens with one attached hydrogen (secondary N) is 2. The summed E-state index contributed by atoms with van der Waals surface area (Å²) in [5.74, 6) is 2.76. The molecule has 0 spiro atoms. The summed E-state index contributed by atoms with van der Waals surface area (Å²) in [5, 5.41) is 10.4. The van der Waals surface area contributed by atoms with Crippen molar-refractivity contribution in [2.45, 2.75) is 10.4 Å². The first kappa shape index (κ1) is 16.8. The van der Waals surface area contributed by atoms with Crippen LogP contribution in [0.1, 0.15) is 0 Å². The van der Waals surface area contributed by atoms with Crippen LogP contribution in [0, 0.1) is 11.3 Å². The molecule has 2 rings (SSSR count). The molecular formula is C12H13F3N5S2. The van der Waals surface area contributed by atoms with Crippen molar-refractivity contribution >= 4 is 41.1 Å². The van der Waals surface area contributed by atoms with Crippen molar-refractivity contribution in [3.05, 3.63) is 30.1 Å². The van der Waals surface area contributed by atoms with Crippen LogP contribution < -0.4 is 11.1 Å². The number of nitrogens with two attached hydrogens (primary N) is 1. The van der Waals surface area contributed by atoms with E-state index >= 15 is 0 Å². The lowest BCUT2D eigenvalue weighted by Gasteiger charge is -2.14. The van der Waals surface area contributed by atoms with Gasteiger partial charge in [-0.3, -0.25) is 5.41 Å². The summed E-state index contributed by atoms with van der Waals surface area (Å²) in [6.45, 7) is 0.733. The number of benzene rings is 1. The second-order valence-electron chi connectivity index (χ2n) is 4.19. The predicted molar refractivity (Wildman–Crippen MR) is 84.8 cm³/mol. The Labute approximate surface area is 134 Å². The van der Waals surface area contributed by atoms with Crippen LogP contribution in [-0.4, -0.2) is 34.6 Å². The van der Waals surface area contributed by atoms with E-state index in [1.165, 1.54) is 24.3 Å². The van der Waals surface area contributed by atoms with E-state index in [1.54, 1.807) is 16.7 Å². The highest BCUT2D eigenvalue weighted by molar-refractivity contribution is 8.01. The van der Waals surface area contributed by atoms with Gasteiger partial charge in [-0.05, 0) is 36.0 Å². The Morgan fingerprint density at radius 3 is 2.59 bits per heavy atom. The second kappa shape index (κ2) is 7.14. The molecule has 1 aromatic carbocycles. The number of halogens is 3. The topological polar surface area (TPSA) is 77.5 Å². The second-order valence-corrected chi connectivity index (χ2v) is 6.28. The summed E-state index contributed by atoms with van der Waals surface area (Å²) in [6.07, 6.45) is 0. The standard InChI is InChI=1S/C12H13F3N5S2/c13-12(14,15)22-9-3-1-8(2-4-9)18-10(16)19-11(17)20-5-6-21-7-20/h1-4,7H,5-6H2,(H4,16,17,18,19). The van der Waals surface area contributed by atoms with Gasteiger partial charge in [0.1, 0.15) is 5.88 Å². The Kier molecular flexibility index (Phi) is 5.46. The minimum absolute atomic E-state index is 0.0799. The molecule has 1 aliphatic heterocycles. The number of hydrogen-bond acceptors (Lipinski definition) is 3. The van der Waals surface area contributed by atoms with Crippen LogP contribution in [-0.2, 0) is 0 Å². The molecular weight excluding hydrogens is 335 g/mol. The lowest BCUT2D eigenvalue weighted by molar-refractivity contribution is -0.0328. The van der Waals surface area contributed by atoms with Crippen molar-refractivity contribution in [1.29, 1.82) is 5.41 Å². The van der Waals surface area contributed by atoms with Crippen LogP contribution in [0.25, 0.3) is 0 Å². The minimum atomic E-state index is -4.31. The largest absolute Gasteiger partial charge is 0.446 e. The molecule has 0 bridgehead atoms. The monoisotopic (exact) mass is 348 g/mol. The number of aliphatic imine (C=N–C) groups is 1. The number of rotatable bonds is 2. The Morgan fingerprint density at radius 1 is 1.36 bits per heavy atom. The third-order valence-electron chi connectivity index (χ3n) is 2.52. The molecule has 0 aliphatic carbocycles. The van der Waals surface area contributed by atoms with Crippen molar-refractivity contribution < 1.29 is 13.2 Å². The van der Waals surface area contributed by atoms with Gasteiger partial charge in [-0.15, -0.1) is 11.8 Å². The first-order valence-electron chi connectivity index (χ1n) is 6.10. The van der Waals surface area contributed by atoms with Gasteiger partial charge in [0.2, 0.25) is 5.96 Å². The zero-order chi connectivity index (χ0) is 16.2. The van der Waals surface area contributed by atoms with Crippen molar-refractivity contribution in [2.24, 2.45) is 10.7 Å². The fourth-order valence-electron chi connectivity index (χ4n) is 1.60. The molecule has 5 nitrogen and oxygen atoms in total. The van der Waals surface area contributed by atoms with Gasteiger partial charge in [-0.25, -0.2) is 0 Å². The van der Waals surface area contributed by atoms with E-state index in [1.807, 2.05) is 5.88 Å². The van der Waals surface area contributed by atoms with Gasteiger partial charge < -0.3 is 16.0 Å². The average molecular weight is 348 g/mol. The summed E-state index contributed by atoms with van der Waals surface area (Å²) in [5.41, 5.74) is 1.90. The fraction of sp³-hybridized carbons (Fsp3) is 0.250. The maximum absolute atomic E-state index is 12.2. The quantitative estimate of drug-likeness (QED) is 0.435. The molecule has 22 heavy (non-hydrogen) atoms. The van der Waals surface area contributed by atoms with Crippen molar-refractivity contribution in [3.8, 4) is 0 Å². The summed E-state index contributed by atoms with van der Waals surface area (Å²) < 4.78 is 36.6. The molecule has 10 heteroatoms. The number of nitrogens with zero attached hydrogens (tertiary/aromatic N) is 2. The Balaban J connectivity index is 1.92. The molecule has 1 aliphatic rings. The third-order valence-corrected chi connectivity index (χ3v) is 4.08. The maximum Gasteiger partial charge on any atom is 0.446 e. The van der Waals surface area contributed by atoms with Crippen LogP contribution in [0.4, 0.5) is 18.9 Å². The average Bonchev–Trinajstić information content (AvgIpc) is 2.93. The molecule has 119 valence electrons. The van der Waals surface area contributed by atoms with Crippen LogP contribution in [0.5, 0.6) is 0 Å². The van der Waals surface area contributed by atoms with Gasteiger partial charge >= 0.3 is 5.51 Å². The highest BCUT2D eigenvalue weighted by atomic mass is 32.2. The van der Waals surface area contributed by atoms with Crippen LogP contribution in [0.15, 0.2) is 34.2 Å². The van der Waals surface area contributed by atoms with E-state index in [9.17, 15) is 13.2 Å². The molecule has 1 radical (unpaired) electrons. The molecule has 1 fully saturated rings. The van der Waals surface area contributed by atoms with Crippen LogP contribution >= 0.6 is 23.5 Å². The molecule has 1 heterocycles. The van der Waals surface area contributed by atoms with Gasteiger partial charge in [0.05, 0.1) is 0 Å². The number of hydrogen-bond donors (Lipinski definition) is 3. The number of alkyl halides is 3. The molecule has 1 saturated heterocycles. The summed E-state index contributed by atoms with van der Waals surface area (Å²) in [6, 6.07) is 5.55. The van der Waals surface area contributed by atoms with Gasteiger partial charge in [0.15, 0.2) is 5.96 Å². The summed E-state index contributed by atoms with van der Waals surface area (Å²) in [7, 11) is 0. The molecule has 0 amide bonds. The zero-order valence-electron chi connectivity index (χ0n) is 11.2. The Bertz CT molecular complexity index is 553. The highest BCUT2D eigenvalue weighted by Gasteiger charge is 2.29. The summed E-state index contributed by atoms with van der Waals surface area (Å²) in [4.78, 5) is 5.70. The van der Waals surface area contributed by atoms with Gasteiger partial charge in [0, 0.05) is 22.9 Å². The molecule has 0 atom stereocenters. The van der Waals surface area contributed by atoms with Gasteiger partial charge in [0.25, 0.3) is 0 Å². The van der Waals surface area contributed by atoms with E-state index in [2.05, 4.69) is 10.3 Å². The van der Waals surface area contributed by atoms with E-state index in [-0.39, 0.29) is 28.6 Å². The molecule has 0 aromatic heterocycles. The van der Waals surface area contributed by atoms with E-state index in [0.717, 1.165) is 12.3 Å². The first-order chi connectivity index (χ1) is 10.3. The predicted octanol–water partition coefficient (Wildman–Crippen LogP) is 3.13. The van der Waals surface area contributed by atoms with E-state index in [4.69, 9.17) is 11.1 Å². The molecule has 4 N–H and O–H groups in total. The van der Waals surface area contributed by atoms with E-state index < -0.39 is 5.51 Å². The minimum Gasteiger partial charge on any atom is -0.369 e. The fourth-order valence-corrected chi connectivity index (χ4v) is 2.94. The highest BCUT2D eigenvalue weighted by Crippen LogP contribution is 2.37. The number of thioether (sulfide) groups is 2. The van der Waals surface area contributed by atoms with Crippen molar-refractivity contribution in [1.82, 2.24) is 4.90 Å². The zero-order valence-corrected chi connectivity index (χ0v) is 12.9. The smallest absolute Gasteiger partial charge is 0.369 e. The Morgan fingerprint density at radius 2 is 2.05 bits per heavy atom. The Hall–Kier alpha value is -1.55. The van der Waals surface area contributed by atoms with Crippen molar-refractivity contribution in [3.63, 3.8) is 0 Å². The van der Waals surface area contributed by atoms with Crippen LogP contribution in [0.3, 0.4) is 0 Å². The third kappa shape index (κ3) is 5.34. The molecule has 0 unspecified atom stereocenters. The number of anilines is 1. The number of guanidine groups is 2. The maximum atomic E-state index is 12.2. The SMILES string of the molecule is N=C(N=C(N)N1[CH]SCC1)Nc1ccc(SC(F)(F)F)cc1. The first-order valence-corrected chi connectivity index (χ1v) is 7.97. The molecule has 0 saturated carbocycles. The van der Waals surface area contributed by atoms with E-state index in [0.29, 0.717) is 5.69 Å². The lowest BCUT2D eigenvalue weighted by Crippen LogP contribution is -2.34. The molecule has 1 aromatic rings. The van der Waals surface area contributed by atoms with Gasteiger partial charge in [-0.2, -0.15) is 18.2 Å². The summed E-state index contributed by atoms with van der Waals surface area (Å²) >= 11 is 1.42. The lowest BCUT2D eigenvalue weighted by atomic mass is 10.3. The normalized spacial score (nSPS) is 16.0. The van der Waals surface area contributed by atoms with Crippen LogP contribution in [0.2, 0.25) is 0 Å². The van der Waals surface area contributed by atoms with Gasteiger partial charge in [-0.1, -0.05) is 0 Å². The van der Waals surface area contributed by atoms with Crippen molar-refractivity contribution in [2.75, 3.05) is 17.6 Å².